The van der Waals surface area contributed by atoms with Crippen molar-refractivity contribution in [2.75, 3.05) is 26.1 Å². The van der Waals surface area contributed by atoms with E-state index in [9.17, 15) is 4.79 Å². The molecule has 16 heavy (non-hydrogen) atoms. The summed E-state index contributed by atoms with van der Waals surface area (Å²) in [4.78, 5) is 11.5. The van der Waals surface area contributed by atoms with Gasteiger partial charge in [0.15, 0.2) is 0 Å². The van der Waals surface area contributed by atoms with Gasteiger partial charge < -0.3 is 15.2 Å². The molecule has 0 aromatic carbocycles. The van der Waals surface area contributed by atoms with E-state index in [0.717, 1.165) is 6.42 Å². The largest absolute Gasteiger partial charge is 0.395 e. The van der Waals surface area contributed by atoms with Crippen LogP contribution in [-0.2, 0) is 9.53 Å². The van der Waals surface area contributed by atoms with Crippen molar-refractivity contribution in [2.45, 2.75) is 38.0 Å². The smallest absolute Gasteiger partial charge is 0.222 e. The third-order valence-electron chi connectivity index (χ3n) is 2.25. The summed E-state index contributed by atoms with van der Waals surface area (Å²) in [7, 11) is 0. The van der Waals surface area contributed by atoms with Crippen molar-refractivity contribution >= 4 is 17.7 Å². The minimum absolute atomic E-state index is 0.0151. The number of rotatable bonds is 9. The Morgan fingerprint density at radius 2 is 2.19 bits per heavy atom. The van der Waals surface area contributed by atoms with Crippen LogP contribution in [0.3, 0.4) is 0 Å². The van der Waals surface area contributed by atoms with Gasteiger partial charge in [-0.1, -0.05) is 6.92 Å². The Morgan fingerprint density at radius 3 is 2.69 bits per heavy atom. The van der Waals surface area contributed by atoms with Crippen molar-refractivity contribution in [2.24, 2.45) is 0 Å². The number of amides is 1. The minimum atomic E-state index is -0.0175. The molecular weight excluding hydrogens is 226 g/mol. The second kappa shape index (κ2) is 9.93. The number of carbonyl (C=O) groups is 1. The summed E-state index contributed by atoms with van der Waals surface area (Å²) in [5.74, 6) is -0.0175. The van der Waals surface area contributed by atoms with Crippen LogP contribution in [0.2, 0.25) is 0 Å². The van der Waals surface area contributed by atoms with E-state index >= 15 is 0 Å². The molecule has 0 saturated carbocycles. The van der Waals surface area contributed by atoms with Crippen LogP contribution in [0.4, 0.5) is 0 Å². The Bertz CT molecular complexity index is 186. The summed E-state index contributed by atoms with van der Waals surface area (Å²) >= 11 is 1.56. The third kappa shape index (κ3) is 7.09. The molecule has 0 radical (unpaired) electrons. The average molecular weight is 249 g/mol. The third-order valence-corrected chi connectivity index (χ3v) is 3.41. The Balaban J connectivity index is 3.68. The summed E-state index contributed by atoms with van der Waals surface area (Å²) in [5, 5.41) is 12.0. The normalized spacial score (nSPS) is 14.5. The Kier molecular flexibility index (Phi) is 9.77. The molecule has 5 heteroatoms. The monoisotopic (exact) mass is 249 g/mol. The summed E-state index contributed by atoms with van der Waals surface area (Å²) in [6, 6.07) is -0.0151. The first kappa shape index (κ1) is 15.7. The van der Waals surface area contributed by atoms with Crippen LogP contribution in [0.25, 0.3) is 0 Å². The number of aliphatic hydroxyl groups is 1. The highest BCUT2D eigenvalue weighted by molar-refractivity contribution is 7.99. The van der Waals surface area contributed by atoms with E-state index < -0.39 is 0 Å². The lowest BCUT2D eigenvalue weighted by Gasteiger charge is -2.21. The Morgan fingerprint density at radius 1 is 1.50 bits per heavy atom. The van der Waals surface area contributed by atoms with E-state index in [1.165, 1.54) is 0 Å². The number of hydrogen-bond donors (Lipinski definition) is 2. The van der Waals surface area contributed by atoms with Gasteiger partial charge in [0.05, 0.1) is 13.2 Å². The van der Waals surface area contributed by atoms with Crippen LogP contribution >= 0.6 is 11.8 Å². The minimum Gasteiger partial charge on any atom is -0.395 e. The van der Waals surface area contributed by atoms with Crippen LogP contribution in [-0.4, -0.2) is 48.4 Å². The molecule has 0 bridgehead atoms. The standard InChI is InChI=1S/C11H23NO3S/c1-4-6-15-7-5-11(14)12-9(2)10(8-13)16-3/h9-10,13H,4-8H2,1-3H3,(H,12,14). The molecule has 96 valence electrons. The number of ether oxygens (including phenoxy) is 1. The summed E-state index contributed by atoms with van der Waals surface area (Å²) in [6.45, 7) is 5.19. The zero-order valence-corrected chi connectivity index (χ0v) is 11.2. The number of nitrogens with one attached hydrogen (secondary N) is 1. The van der Waals surface area contributed by atoms with Crippen LogP contribution in [0.5, 0.6) is 0 Å². The molecule has 0 rings (SSSR count). The highest BCUT2D eigenvalue weighted by atomic mass is 32.2. The first-order valence-corrected chi connectivity index (χ1v) is 6.95. The van der Waals surface area contributed by atoms with Crippen molar-refractivity contribution in [1.29, 1.82) is 0 Å². The second-order valence-corrected chi connectivity index (χ2v) is 4.75. The van der Waals surface area contributed by atoms with E-state index in [1.807, 2.05) is 20.1 Å². The molecule has 0 aliphatic rings. The maximum Gasteiger partial charge on any atom is 0.222 e. The zero-order chi connectivity index (χ0) is 12.4. The van der Waals surface area contributed by atoms with Gasteiger partial charge in [0.1, 0.15) is 0 Å². The Labute approximate surface area is 102 Å². The lowest BCUT2D eigenvalue weighted by Crippen LogP contribution is -2.41. The van der Waals surface area contributed by atoms with E-state index in [4.69, 9.17) is 9.84 Å². The predicted molar refractivity (Wildman–Crippen MR) is 67.7 cm³/mol. The molecule has 0 aromatic rings. The van der Waals surface area contributed by atoms with Crippen LogP contribution in [0.1, 0.15) is 26.7 Å². The van der Waals surface area contributed by atoms with E-state index in [2.05, 4.69) is 5.32 Å². The van der Waals surface area contributed by atoms with Gasteiger partial charge in [0, 0.05) is 24.3 Å². The Hall–Kier alpha value is -0.260. The molecule has 0 aliphatic carbocycles. The number of thioether (sulfide) groups is 1. The molecule has 0 aliphatic heterocycles. The molecule has 0 fully saturated rings. The van der Waals surface area contributed by atoms with Gasteiger partial charge in [0.25, 0.3) is 0 Å². The van der Waals surface area contributed by atoms with E-state index in [-0.39, 0.29) is 23.8 Å². The molecule has 0 spiro atoms. The van der Waals surface area contributed by atoms with Gasteiger partial charge in [-0.2, -0.15) is 11.8 Å². The van der Waals surface area contributed by atoms with Crippen LogP contribution in [0, 0.1) is 0 Å². The molecule has 2 unspecified atom stereocenters. The SMILES string of the molecule is CCCOCCC(=O)NC(C)C(CO)SC. The summed E-state index contributed by atoms with van der Waals surface area (Å²) < 4.78 is 5.23. The fourth-order valence-corrected chi connectivity index (χ4v) is 1.89. The molecule has 2 N–H and O–H groups in total. The molecule has 0 heterocycles. The zero-order valence-electron chi connectivity index (χ0n) is 10.4. The lowest BCUT2D eigenvalue weighted by molar-refractivity contribution is -0.122. The van der Waals surface area contributed by atoms with Crippen LogP contribution in [0.15, 0.2) is 0 Å². The van der Waals surface area contributed by atoms with Gasteiger partial charge >= 0.3 is 0 Å². The first-order chi connectivity index (χ1) is 7.65. The van der Waals surface area contributed by atoms with Gasteiger partial charge in [-0.25, -0.2) is 0 Å². The van der Waals surface area contributed by atoms with Crippen molar-refractivity contribution in [3.63, 3.8) is 0 Å². The summed E-state index contributed by atoms with van der Waals surface area (Å²) in [6.07, 6.45) is 3.28. The predicted octanol–water partition coefficient (Wildman–Crippen LogP) is 1.03. The quantitative estimate of drug-likeness (QED) is 0.599. The molecule has 0 saturated heterocycles. The second-order valence-electron chi connectivity index (χ2n) is 3.68. The molecule has 4 nitrogen and oxygen atoms in total. The van der Waals surface area contributed by atoms with Crippen molar-refractivity contribution in [3.05, 3.63) is 0 Å². The fourth-order valence-electron chi connectivity index (χ4n) is 1.27. The maximum atomic E-state index is 11.5. The van der Waals surface area contributed by atoms with Gasteiger partial charge in [-0.15, -0.1) is 0 Å². The van der Waals surface area contributed by atoms with E-state index in [0.29, 0.717) is 19.6 Å². The number of aliphatic hydroxyl groups excluding tert-OH is 1. The van der Waals surface area contributed by atoms with Crippen molar-refractivity contribution in [1.82, 2.24) is 5.32 Å². The topological polar surface area (TPSA) is 58.6 Å². The average Bonchev–Trinajstić information content (AvgIpc) is 2.26. The maximum absolute atomic E-state index is 11.5. The molecule has 0 aromatic heterocycles. The van der Waals surface area contributed by atoms with Gasteiger partial charge in [0.2, 0.25) is 5.91 Å². The number of hydrogen-bond acceptors (Lipinski definition) is 4. The molecule has 1 amide bonds. The number of carbonyl (C=O) groups excluding carboxylic acids is 1. The fraction of sp³-hybridized carbons (Fsp3) is 0.909. The van der Waals surface area contributed by atoms with Crippen LogP contribution < -0.4 is 5.32 Å². The lowest BCUT2D eigenvalue weighted by atomic mass is 10.2. The molecular formula is C11H23NO3S. The van der Waals surface area contributed by atoms with Crippen molar-refractivity contribution in [3.8, 4) is 0 Å². The van der Waals surface area contributed by atoms with E-state index in [1.54, 1.807) is 11.8 Å². The van der Waals surface area contributed by atoms with Gasteiger partial charge in [-0.05, 0) is 19.6 Å². The highest BCUT2D eigenvalue weighted by Gasteiger charge is 2.16. The van der Waals surface area contributed by atoms with Gasteiger partial charge in [-0.3, -0.25) is 4.79 Å². The summed E-state index contributed by atoms with van der Waals surface area (Å²) in [5.41, 5.74) is 0. The highest BCUT2D eigenvalue weighted by Crippen LogP contribution is 2.10. The first-order valence-electron chi connectivity index (χ1n) is 5.66. The van der Waals surface area contributed by atoms with Crippen molar-refractivity contribution < 1.29 is 14.6 Å². The molecule has 2 atom stereocenters.